The zero-order chi connectivity index (χ0) is 27.4. The van der Waals surface area contributed by atoms with Gasteiger partial charge in [-0.05, 0) is 56.3 Å². The van der Waals surface area contributed by atoms with Gasteiger partial charge in [0, 0.05) is 58.1 Å². The van der Waals surface area contributed by atoms with E-state index in [1.807, 2.05) is 24.3 Å². The van der Waals surface area contributed by atoms with Crippen LogP contribution in [0.5, 0.6) is 5.75 Å². The van der Waals surface area contributed by atoms with Crippen LogP contribution in [0, 0.1) is 10.1 Å². The lowest BCUT2D eigenvalue weighted by Gasteiger charge is -2.22. The lowest BCUT2D eigenvalue weighted by molar-refractivity contribution is -0.384. The number of nitrogens with zero attached hydrogens (tertiary/aromatic N) is 3. The van der Waals surface area contributed by atoms with E-state index in [1.165, 1.54) is 29.2 Å². The standard InChI is InChI=1S/C27H23Cl2N3O4S2/c1-3-30(4-2)22-8-6-17(24(15-22)36-16-18-5-7-19(28)14-23(18)29)13-25-26(33)31(27(37)38-25)20-9-11-21(12-10-20)32(34)35/h5-15H,3-4,16H2,1-2H3/b25-13-. The molecule has 0 saturated carbocycles. The molecule has 3 aromatic rings. The number of carbonyl (C=O) groups is 1. The van der Waals surface area contributed by atoms with Gasteiger partial charge in [0.1, 0.15) is 12.4 Å². The fourth-order valence-corrected chi connectivity index (χ4v) is 5.65. The first-order valence-corrected chi connectivity index (χ1v) is 13.7. The van der Waals surface area contributed by atoms with Gasteiger partial charge in [-0.1, -0.05) is 53.2 Å². The maximum absolute atomic E-state index is 13.3. The van der Waals surface area contributed by atoms with Gasteiger partial charge < -0.3 is 9.64 Å². The number of thiocarbonyl (C=S) groups is 1. The molecule has 0 spiro atoms. The third kappa shape index (κ3) is 6.13. The number of hydrogen-bond donors (Lipinski definition) is 0. The summed E-state index contributed by atoms with van der Waals surface area (Å²) in [4.78, 5) is 27.8. The molecule has 196 valence electrons. The molecule has 7 nitrogen and oxygen atoms in total. The SMILES string of the molecule is CCN(CC)c1ccc(/C=C2\SC(=S)N(c3ccc([N+](=O)[O-])cc3)C2=O)c(OCc2ccc(Cl)cc2Cl)c1. The monoisotopic (exact) mass is 587 g/mol. The minimum absolute atomic E-state index is 0.0643. The highest BCUT2D eigenvalue weighted by molar-refractivity contribution is 8.27. The van der Waals surface area contributed by atoms with E-state index >= 15 is 0 Å². The van der Waals surface area contributed by atoms with Gasteiger partial charge in [0.15, 0.2) is 4.32 Å². The predicted molar refractivity (Wildman–Crippen MR) is 160 cm³/mol. The van der Waals surface area contributed by atoms with Crippen LogP contribution in [0.15, 0.2) is 65.6 Å². The van der Waals surface area contributed by atoms with Crippen molar-refractivity contribution in [3.8, 4) is 5.75 Å². The number of benzene rings is 3. The Morgan fingerprint density at radius 1 is 1.08 bits per heavy atom. The van der Waals surface area contributed by atoms with Crippen molar-refractivity contribution >= 4 is 80.5 Å². The number of amides is 1. The van der Waals surface area contributed by atoms with Crippen molar-refractivity contribution in [3.05, 3.63) is 96.9 Å². The van der Waals surface area contributed by atoms with E-state index in [0.717, 1.165) is 36.1 Å². The number of ether oxygens (including phenoxy) is 1. The van der Waals surface area contributed by atoms with Gasteiger partial charge >= 0.3 is 0 Å². The Kier molecular flexibility index (Phi) is 8.94. The molecule has 0 atom stereocenters. The van der Waals surface area contributed by atoms with Crippen molar-refractivity contribution < 1.29 is 14.5 Å². The molecule has 1 amide bonds. The first-order valence-electron chi connectivity index (χ1n) is 11.7. The molecular formula is C27H23Cl2N3O4S2. The second-order valence-electron chi connectivity index (χ2n) is 8.21. The van der Waals surface area contributed by atoms with Crippen LogP contribution in [0.1, 0.15) is 25.0 Å². The molecule has 1 fully saturated rings. The van der Waals surface area contributed by atoms with Crippen LogP contribution in [-0.2, 0) is 11.4 Å². The molecule has 0 N–H and O–H groups in total. The van der Waals surface area contributed by atoms with Gasteiger partial charge in [-0.25, -0.2) is 0 Å². The Labute approximate surface area is 240 Å². The number of nitro groups is 1. The topological polar surface area (TPSA) is 75.9 Å². The smallest absolute Gasteiger partial charge is 0.270 e. The largest absolute Gasteiger partial charge is 0.488 e. The number of rotatable bonds is 9. The molecule has 4 rings (SSSR count). The molecule has 3 aromatic carbocycles. The maximum atomic E-state index is 13.3. The lowest BCUT2D eigenvalue weighted by atomic mass is 10.1. The zero-order valence-electron chi connectivity index (χ0n) is 20.5. The average molecular weight is 589 g/mol. The van der Waals surface area contributed by atoms with Crippen molar-refractivity contribution in [2.45, 2.75) is 20.5 Å². The van der Waals surface area contributed by atoms with Crippen LogP contribution in [0.4, 0.5) is 17.1 Å². The number of carbonyl (C=O) groups excluding carboxylic acids is 1. The Hall–Kier alpha value is -3.11. The summed E-state index contributed by atoms with van der Waals surface area (Å²) in [6.07, 6.45) is 1.75. The Morgan fingerprint density at radius 3 is 2.42 bits per heavy atom. The normalized spacial score (nSPS) is 14.3. The van der Waals surface area contributed by atoms with E-state index in [9.17, 15) is 14.9 Å². The summed E-state index contributed by atoms with van der Waals surface area (Å²) in [6, 6.07) is 16.8. The number of anilines is 2. The summed E-state index contributed by atoms with van der Waals surface area (Å²) in [5.74, 6) is 0.273. The molecule has 0 unspecified atom stereocenters. The highest BCUT2D eigenvalue weighted by atomic mass is 35.5. The number of non-ortho nitro benzene ring substituents is 1. The fraction of sp³-hybridized carbons (Fsp3) is 0.185. The van der Waals surface area contributed by atoms with Crippen LogP contribution in [-0.4, -0.2) is 28.2 Å². The summed E-state index contributed by atoms with van der Waals surface area (Å²) in [6.45, 7) is 6.02. The number of halogens is 2. The van der Waals surface area contributed by atoms with Gasteiger partial charge in [-0.3, -0.25) is 19.8 Å². The molecule has 11 heteroatoms. The zero-order valence-corrected chi connectivity index (χ0v) is 23.7. The van der Waals surface area contributed by atoms with Gasteiger partial charge in [0.2, 0.25) is 0 Å². The molecule has 0 aliphatic carbocycles. The average Bonchev–Trinajstić information content (AvgIpc) is 3.17. The minimum atomic E-state index is -0.491. The molecule has 1 saturated heterocycles. The molecular weight excluding hydrogens is 565 g/mol. The number of hydrogen-bond acceptors (Lipinski definition) is 7. The highest BCUT2D eigenvalue weighted by Gasteiger charge is 2.33. The first kappa shape index (κ1) is 27.9. The van der Waals surface area contributed by atoms with Crippen LogP contribution in [0.3, 0.4) is 0 Å². The van der Waals surface area contributed by atoms with Crippen molar-refractivity contribution in [2.75, 3.05) is 22.9 Å². The van der Waals surface area contributed by atoms with Crippen molar-refractivity contribution in [1.82, 2.24) is 0 Å². The van der Waals surface area contributed by atoms with Crippen molar-refractivity contribution in [2.24, 2.45) is 0 Å². The Balaban J connectivity index is 1.66. The fourth-order valence-electron chi connectivity index (χ4n) is 3.90. The van der Waals surface area contributed by atoms with Gasteiger partial charge in [0.05, 0.1) is 15.5 Å². The Bertz CT molecular complexity index is 1430. The number of thioether (sulfide) groups is 1. The van der Waals surface area contributed by atoms with Crippen LogP contribution >= 0.6 is 47.2 Å². The third-order valence-corrected chi connectivity index (χ3v) is 7.81. The van der Waals surface area contributed by atoms with E-state index in [-0.39, 0.29) is 18.2 Å². The van der Waals surface area contributed by atoms with E-state index in [2.05, 4.69) is 18.7 Å². The van der Waals surface area contributed by atoms with E-state index in [0.29, 0.717) is 36.3 Å². The van der Waals surface area contributed by atoms with E-state index in [4.69, 9.17) is 40.2 Å². The van der Waals surface area contributed by atoms with E-state index < -0.39 is 4.92 Å². The second-order valence-corrected chi connectivity index (χ2v) is 10.7. The number of nitro benzene ring substituents is 1. The van der Waals surface area contributed by atoms with Crippen molar-refractivity contribution in [1.29, 1.82) is 0 Å². The van der Waals surface area contributed by atoms with E-state index in [1.54, 1.807) is 18.2 Å². The van der Waals surface area contributed by atoms with Gasteiger partial charge in [-0.2, -0.15) is 0 Å². The van der Waals surface area contributed by atoms with Crippen LogP contribution in [0.2, 0.25) is 10.0 Å². The second kappa shape index (κ2) is 12.2. The summed E-state index contributed by atoms with van der Waals surface area (Å²) in [7, 11) is 0. The summed E-state index contributed by atoms with van der Waals surface area (Å²) in [5.41, 5.74) is 2.87. The summed E-state index contributed by atoms with van der Waals surface area (Å²) < 4.78 is 6.55. The maximum Gasteiger partial charge on any atom is 0.270 e. The molecule has 0 aromatic heterocycles. The minimum Gasteiger partial charge on any atom is -0.488 e. The molecule has 38 heavy (non-hydrogen) atoms. The van der Waals surface area contributed by atoms with Gasteiger partial charge in [0.25, 0.3) is 11.6 Å². The highest BCUT2D eigenvalue weighted by Crippen LogP contribution is 2.38. The molecule has 1 aliphatic rings. The Morgan fingerprint density at radius 2 is 1.79 bits per heavy atom. The van der Waals surface area contributed by atoms with Gasteiger partial charge in [-0.15, -0.1) is 0 Å². The first-order chi connectivity index (χ1) is 18.2. The quantitative estimate of drug-likeness (QED) is 0.110. The summed E-state index contributed by atoms with van der Waals surface area (Å²) in [5, 5.41) is 12.0. The molecule has 1 aliphatic heterocycles. The van der Waals surface area contributed by atoms with Crippen LogP contribution in [0.25, 0.3) is 6.08 Å². The third-order valence-electron chi connectivity index (χ3n) is 5.92. The van der Waals surface area contributed by atoms with Crippen molar-refractivity contribution in [3.63, 3.8) is 0 Å². The molecule has 0 bridgehead atoms. The molecule has 1 heterocycles. The van der Waals surface area contributed by atoms with Crippen LogP contribution < -0.4 is 14.5 Å². The predicted octanol–water partition coefficient (Wildman–Crippen LogP) is 7.73. The molecule has 0 radical (unpaired) electrons. The lowest BCUT2D eigenvalue weighted by Crippen LogP contribution is -2.27. The summed E-state index contributed by atoms with van der Waals surface area (Å²) >= 11 is 19.0.